The van der Waals surface area contributed by atoms with E-state index in [0.29, 0.717) is 0 Å². The molecule has 0 heterocycles. The van der Waals surface area contributed by atoms with Crippen LogP contribution in [0.2, 0.25) is 0 Å². The van der Waals surface area contributed by atoms with E-state index in [-0.39, 0.29) is 0 Å². The Balaban J connectivity index is 3.60. The van der Waals surface area contributed by atoms with Gasteiger partial charge in [-0.1, -0.05) is 85.5 Å². The van der Waals surface area contributed by atoms with Crippen molar-refractivity contribution in [1.82, 2.24) is 0 Å². The molecule has 0 heteroatoms. The molecule has 0 radical (unpaired) electrons. The van der Waals surface area contributed by atoms with Crippen LogP contribution in [-0.2, 0) is 0 Å². The fourth-order valence-electron chi connectivity index (χ4n) is 2.49. The topological polar surface area (TPSA) is 0 Å². The Kier molecular flexibility index (Phi) is 10.5. The van der Waals surface area contributed by atoms with Crippen LogP contribution in [0.15, 0.2) is 0 Å². The van der Waals surface area contributed by atoms with Gasteiger partial charge in [0.15, 0.2) is 0 Å². The molecule has 0 aliphatic rings. The van der Waals surface area contributed by atoms with Gasteiger partial charge in [-0.15, -0.1) is 0 Å². The summed E-state index contributed by atoms with van der Waals surface area (Å²) in [6, 6.07) is 0. The average molecular weight is 212 g/mol. The van der Waals surface area contributed by atoms with Gasteiger partial charge < -0.3 is 0 Å². The van der Waals surface area contributed by atoms with Gasteiger partial charge in [0.25, 0.3) is 0 Å². The second kappa shape index (κ2) is 10.5. The standard InChI is InChI=1S/C15H32/c1-5-8-10-11-13-15(7-3)14(4)12-9-6-2/h14-15H,5-13H2,1-4H3. The van der Waals surface area contributed by atoms with Gasteiger partial charge in [0.1, 0.15) is 0 Å². The van der Waals surface area contributed by atoms with Crippen molar-refractivity contribution in [2.45, 2.75) is 85.5 Å². The third-order valence-corrected chi connectivity index (χ3v) is 3.77. The minimum Gasteiger partial charge on any atom is -0.0654 e. The Morgan fingerprint density at radius 2 is 1.40 bits per heavy atom. The molecule has 0 aromatic carbocycles. The summed E-state index contributed by atoms with van der Waals surface area (Å²) in [5, 5.41) is 0. The molecular formula is C15H32. The zero-order valence-electron chi connectivity index (χ0n) is 11.5. The highest BCUT2D eigenvalue weighted by Crippen LogP contribution is 2.26. The summed E-state index contributed by atoms with van der Waals surface area (Å²) < 4.78 is 0. The molecule has 0 saturated heterocycles. The van der Waals surface area contributed by atoms with Gasteiger partial charge in [-0.05, 0) is 11.8 Å². The van der Waals surface area contributed by atoms with Crippen LogP contribution in [0.1, 0.15) is 85.5 Å². The van der Waals surface area contributed by atoms with Crippen LogP contribution in [-0.4, -0.2) is 0 Å². The quantitative estimate of drug-likeness (QED) is 0.401. The monoisotopic (exact) mass is 212 g/mol. The van der Waals surface area contributed by atoms with E-state index in [1.165, 1.54) is 57.8 Å². The first kappa shape index (κ1) is 15.0. The number of unbranched alkanes of at least 4 members (excludes halogenated alkanes) is 4. The Hall–Kier alpha value is 0. The van der Waals surface area contributed by atoms with E-state index in [1.807, 2.05) is 0 Å². The zero-order chi connectivity index (χ0) is 11.5. The molecule has 0 fully saturated rings. The van der Waals surface area contributed by atoms with Crippen LogP contribution < -0.4 is 0 Å². The molecule has 0 nitrogen and oxygen atoms in total. The molecule has 0 bridgehead atoms. The molecule has 0 aliphatic heterocycles. The lowest BCUT2D eigenvalue weighted by molar-refractivity contribution is 0.293. The molecule has 0 saturated carbocycles. The summed E-state index contributed by atoms with van der Waals surface area (Å²) in [6.45, 7) is 9.42. The molecule has 0 aromatic rings. The predicted molar refractivity (Wildman–Crippen MR) is 71.2 cm³/mol. The Bertz CT molecular complexity index is 117. The van der Waals surface area contributed by atoms with Crippen molar-refractivity contribution in [2.24, 2.45) is 11.8 Å². The summed E-state index contributed by atoms with van der Waals surface area (Å²) in [7, 11) is 0. The highest BCUT2D eigenvalue weighted by Gasteiger charge is 2.14. The van der Waals surface area contributed by atoms with Gasteiger partial charge in [-0.25, -0.2) is 0 Å². The van der Waals surface area contributed by atoms with E-state index in [2.05, 4.69) is 27.7 Å². The van der Waals surface area contributed by atoms with Crippen LogP contribution in [0, 0.1) is 11.8 Å². The molecule has 15 heavy (non-hydrogen) atoms. The van der Waals surface area contributed by atoms with E-state index < -0.39 is 0 Å². The summed E-state index contributed by atoms with van der Waals surface area (Å²) in [5.41, 5.74) is 0. The molecule has 2 unspecified atom stereocenters. The van der Waals surface area contributed by atoms with E-state index >= 15 is 0 Å². The summed E-state index contributed by atoms with van der Waals surface area (Å²) >= 11 is 0. The number of rotatable bonds is 10. The third kappa shape index (κ3) is 7.88. The largest absolute Gasteiger partial charge is 0.0654 e. The second-order valence-corrected chi connectivity index (χ2v) is 5.14. The van der Waals surface area contributed by atoms with Crippen LogP contribution in [0.25, 0.3) is 0 Å². The van der Waals surface area contributed by atoms with Gasteiger partial charge in [-0.3, -0.25) is 0 Å². The first-order chi connectivity index (χ1) is 7.26. The lowest BCUT2D eigenvalue weighted by Gasteiger charge is -2.22. The zero-order valence-corrected chi connectivity index (χ0v) is 11.5. The molecule has 0 rings (SSSR count). The van der Waals surface area contributed by atoms with E-state index in [9.17, 15) is 0 Å². The summed E-state index contributed by atoms with van der Waals surface area (Å²) in [6.07, 6.45) is 12.8. The van der Waals surface area contributed by atoms with Crippen molar-refractivity contribution in [3.05, 3.63) is 0 Å². The predicted octanol–water partition coefficient (Wildman–Crippen LogP) is 5.81. The van der Waals surface area contributed by atoms with Gasteiger partial charge >= 0.3 is 0 Å². The van der Waals surface area contributed by atoms with Crippen molar-refractivity contribution in [3.8, 4) is 0 Å². The van der Waals surface area contributed by atoms with Crippen LogP contribution >= 0.6 is 0 Å². The number of hydrogen-bond donors (Lipinski definition) is 0. The normalized spacial score (nSPS) is 15.2. The maximum atomic E-state index is 2.46. The highest BCUT2D eigenvalue weighted by atomic mass is 14.2. The first-order valence-electron chi connectivity index (χ1n) is 7.26. The van der Waals surface area contributed by atoms with Crippen molar-refractivity contribution < 1.29 is 0 Å². The van der Waals surface area contributed by atoms with Crippen LogP contribution in [0.4, 0.5) is 0 Å². The molecule has 0 amide bonds. The molecule has 2 atom stereocenters. The van der Waals surface area contributed by atoms with Crippen molar-refractivity contribution in [3.63, 3.8) is 0 Å². The molecular weight excluding hydrogens is 180 g/mol. The van der Waals surface area contributed by atoms with Gasteiger partial charge in [0, 0.05) is 0 Å². The first-order valence-corrected chi connectivity index (χ1v) is 7.26. The Morgan fingerprint density at radius 3 is 1.93 bits per heavy atom. The maximum Gasteiger partial charge on any atom is -0.0391 e. The SMILES string of the molecule is CCCCCCC(CC)C(C)CCCC. The van der Waals surface area contributed by atoms with Crippen LogP contribution in [0.5, 0.6) is 0 Å². The summed E-state index contributed by atoms with van der Waals surface area (Å²) in [5.74, 6) is 1.95. The van der Waals surface area contributed by atoms with Crippen molar-refractivity contribution >= 4 is 0 Å². The van der Waals surface area contributed by atoms with Gasteiger partial charge in [0.2, 0.25) is 0 Å². The molecule has 0 N–H and O–H groups in total. The highest BCUT2D eigenvalue weighted by molar-refractivity contribution is 4.65. The summed E-state index contributed by atoms with van der Waals surface area (Å²) in [4.78, 5) is 0. The fourth-order valence-corrected chi connectivity index (χ4v) is 2.49. The average Bonchev–Trinajstić information content (AvgIpc) is 2.26. The Labute approximate surface area is 97.8 Å². The Morgan fingerprint density at radius 1 is 0.733 bits per heavy atom. The van der Waals surface area contributed by atoms with E-state index in [0.717, 1.165) is 11.8 Å². The third-order valence-electron chi connectivity index (χ3n) is 3.77. The van der Waals surface area contributed by atoms with E-state index in [1.54, 1.807) is 0 Å². The maximum absolute atomic E-state index is 2.46. The van der Waals surface area contributed by atoms with Crippen LogP contribution in [0.3, 0.4) is 0 Å². The lowest BCUT2D eigenvalue weighted by atomic mass is 9.84. The molecule has 0 aliphatic carbocycles. The number of hydrogen-bond acceptors (Lipinski definition) is 0. The van der Waals surface area contributed by atoms with Crippen molar-refractivity contribution in [1.29, 1.82) is 0 Å². The second-order valence-electron chi connectivity index (χ2n) is 5.14. The van der Waals surface area contributed by atoms with Gasteiger partial charge in [0.05, 0.1) is 0 Å². The van der Waals surface area contributed by atoms with Gasteiger partial charge in [-0.2, -0.15) is 0 Å². The molecule has 92 valence electrons. The van der Waals surface area contributed by atoms with Crippen molar-refractivity contribution in [2.75, 3.05) is 0 Å². The smallest absolute Gasteiger partial charge is 0.0391 e. The minimum absolute atomic E-state index is 0.955. The molecule has 0 spiro atoms. The molecule has 0 aromatic heterocycles. The van der Waals surface area contributed by atoms with E-state index in [4.69, 9.17) is 0 Å². The fraction of sp³-hybridized carbons (Fsp3) is 1.00. The minimum atomic E-state index is 0.955. The lowest BCUT2D eigenvalue weighted by Crippen LogP contribution is -2.10.